The Morgan fingerprint density at radius 3 is 2.75 bits per heavy atom. The van der Waals surface area contributed by atoms with Gasteiger partial charge in [0.2, 0.25) is 0 Å². The smallest absolute Gasteiger partial charge is 0.271 e. The van der Waals surface area contributed by atoms with Gasteiger partial charge in [-0.2, -0.15) is 10.2 Å². The quantitative estimate of drug-likeness (QED) is 0.510. The van der Waals surface area contributed by atoms with Crippen LogP contribution in [0.3, 0.4) is 0 Å². The Kier molecular flexibility index (Phi) is 6.74. The fourth-order valence-electron chi connectivity index (χ4n) is 2.67. The third kappa shape index (κ3) is 4.94. The predicted molar refractivity (Wildman–Crippen MR) is 111 cm³/mol. The van der Waals surface area contributed by atoms with Gasteiger partial charge in [-0.15, -0.1) is 0 Å². The average molecular weight is 467 g/mol. The van der Waals surface area contributed by atoms with Gasteiger partial charge in [-0.05, 0) is 54.4 Å². The maximum Gasteiger partial charge on any atom is 0.271 e. The van der Waals surface area contributed by atoms with Gasteiger partial charge in [0.1, 0.15) is 11.4 Å². The second kappa shape index (κ2) is 9.25. The predicted octanol–water partition coefficient (Wildman–Crippen LogP) is 3.97. The highest BCUT2D eigenvalue weighted by Crippen LogP contribution is 2.23. The number of nitrogens with zero attached hydrogens (tertiary/aromatic N) is 4. The van der Waals surface area contributed by atoms with Gasteiger partial charge in [0.05, 0.1) is 15.2 Å². The minimum absolute atomic E-state index is 0.170. The standard InChI is InChI=1S/C19H21BrClN5O2/c1-13-18(20)14(2)26(23-13)10-5-9-22-19(27)16-8-11-25(24-16)12-28-17-7-4-3-6-15(17)21/h3-4,6-8,11H,5,9-10,12H2,1-2H3,(H,22,27). The number of rotatable bonds is 8. The monoisotopic (exact) mass is 465 g/mol. The number of amides is 1. The van der Waals surface area contributed by atoms with E-state index >= 15 is 0 Å². The number of hydrogen-bond donors (Lipinski definition) is 1. The van der Waals surface area contributed by atoms with Crippen LogP contribution in [0.25, 0.3) is 0 Å². The molecule has 0 aliphatic rings. The summed E-state index contributed by atoms with van der Waals surface area (Å²) in [7, 11) is 0. The van der Waals surface area contributed by atoms with Crippen molar-refractivity contribution in [1.82, 2.24) is 24.9 Å². The summed E-state index contributed by atoms with van der Waals surface area (Å²) in [6, 6.07) is 8.86. The van der Waals surface area contributed by atoms with Gasteiger partial charge < -0.3 is 10.1 Å². The highest BCUT2D eigenvalue weighted by molar-refractivity contribution is 9.10. The summed E-state index contributed by atoms with van der Waals surface area (Å²) in [5.41, 5.74) is 2.39. The molecule has 0 unspecified atom stereocenters. The van der Waals surface area contributed by atoms with E-state index < -0.39 is 0 Å². The van der Waals surface area contributed by atoms with Crippen LogP contribution in [-0.2, 0) is 13.3 Å². The topological polar surface area (TPSA) is 74.0 Å². The van der Waals surface area contributed by atoms with Crippen LogP contribution in [0.4, 0.5) is 0 Å². The molecule has 0 spiro atoms. The molecule has 9 heteroatoms. The molecule has 1 amide bonds. The highest BCUT2D eigenvalue weighted by Gasteiger charge is 2.11. The second-order valence-electron chi connectivity index (χ2n) is 6.26. The Hall–Kier alpha value is -2.32. The molecule has 0 saturated carbocycles. The van der Waals surface area contributed by atoms with Crippen molar-refractivity contribution in [2.75, 3.05) is 6.54 Å². The summed E-state index contributed by atoms with van der Waals surface area (Å²) < 4.78 is 10.1. The maximum absolute atomic E-state index is 12.2. The molecule has 148 valence electrons. The number of carbonyl (C=O) groups is 1. The van der Waals surface area contributed by atoms with Crippen molar-refractivity contribution in [1.29, 1.82) is 0 Å². The second-order valence-corrected chi connectivity index (χ2v) is 7.46. The van der Waals surface area contributed by atoms with E-state index in [0.717, 1.165) is 28.8 Å². The van der Waals surface area contributed by atoms with Crippen LogP contribution >= 0.6 is 27.5 Å². The van der Waals surface area contributed by atoms with Crippen molar-refractivity contribution >= 4 is 33.4 Å². The van der Waals surface area contributed by atoms with Gasteiger partial charge in [-0.25, -0.2) is 4.68 Å². The minimum Gasteiger partial charge on any atom is -0.470 e. The van der Waals surface area contributed by atoms with Crippen molar-refractivity contribution < 1.29 is 9.53 Å². The normalized spacial score (nSPS) is 10.9. The van der Waals surface area contributed by atoms with Crippen LogP contribution in [0.15, 0.2) is 41.0 Å². The van der Waals surface area contributed by atoms with Crippen molar-refractivity contribution in [2.45, 2.75) is 33.5 Å². The number of ether oxygens (including phenoxy) is 1. The first-order chi connectivity index (χ1) is 13.5. The third-order valence-corrected chi connectivity index (χ3v) is 5.65. The lowest BCUT2D eigenvalue weighted by Gasteiger charge is -2.07. The lowest BCUT2D eigenvalue weighted by Crippen LogP contribution is -2.26. The van der Waals surface area contributed by atoms with Crippen molar-refractivity contribution in [3.8, 4) is 5.75 Å². The first kappa shape index (κ1) is 20.4. The Balaban J connectivity index is 1.45. The largest absolute Gasteiger partial charge is 0.470 e. The summed E-state index contributed by atoms with van der Waals surface area (Å²) in [6.07, 6.45) is 2.47. The number of carbonyl (C=O) groups excluding carboxylic acids is 1. The molecular weight excluding hydrogens is 446 g/mol. The summed E-state index contributed by atoms with van der Waals surface area (Å²) in [5.74, 6) is 0.354. The molecule has 1 aromatic carbocycles. The molecule has 1 N–H and O–H groups in total. The van der Waals surface area contributed by atoms with E-state index in [1.165, 1.54) is 0 Å². The van der Waals surface area contributed by atoms with E-state index in [0.29, 0.717) is 23.0 Å². The number of halogens is 2. The molecule has 0 bridgehead atoms. The highest BCUT2D eigenvalue weighted by atomic mass is 79.9. The van der Waals surface area contributed by atoms with Gasteiger partial charge >= 0.3 is 0 Å². The number of aryl methyl sites for hydroxylation is 2. The van der Waals surface area contributed by atoms with Gasteiger partial charge in [-0.1, -0.05) is 23.7 Å². The van der Waals surface area contributed by atoms with E-state index in [2.05, 4.69) is 31.4 Å². The van der Waals surface area contributed by atoms with Crippen LogP contribution in [0.1, 0.15) is 28.3 Å². The Labute approximate surface area is 176 Å². The first-order valence-corrected chi connectivity index (χ1v) is 10.0. The zero-order chi connectivity index (χ0) is 20.1. The van der Waals surface area contributed by atoms with E-state index in [-0.39, 0.29) is 12.6 Å². The summed E-state index contributed by atoms with van der Waals surface area (Å²) in [6.45, 7) is 5.42. The average Bonchev–Trinajstić information content (AvgIpc) is 3.25. The molecule has 28 heavy (non-hydrogen) atoms. The zero-order valence-electron chi connectivity index (χ0n) is 15.7. The number of hydrogen-bond acceptors (Lipinski definition) is 4. The summed E-state index contributed by atoms with van der Waals surface area (Å²) in [5, 5.41) is 12.1. The lowest BCUT2D eigenvalue weighted by molar-refractivity contribution is 0.0945. The molecule has 3 aromatic rings. The van der Waals surface area contributed by atoms with Crippen LogP contribution in [-0.4, -0.2) is 32.0 Å². The minimum atomic E-state index is -0.217. The van der Waals surface area contributed by atoms with Crippen LogP contribution in [0.5, 0.6) is 5.75 Å². The molecule has 0 aliphatic heterocycles. The number of para-hydroxylation sites is 1. The Bertz CT molecular complexity index is 969. The molecule has 0 saturated heterocycles. The van der Waals surface area contributed by atoms with Crippen molar-refractivity contribution in [2.24, 2.45) is 0 Å². The molecule has 3 rings (SSSR count). The van der Waals surface area contributed by atoms with E-state index in [4.69, 9.17) is 16.3 Å². The fraction of sp³-hybridized carbons (Fsp3) is 0.316. The molecule has 0 radical (unpaired) electrons. The number of aromatic nitrogens is 4. The Morgan fingerprint density at radius 1 is 1.25 bits per heavy atom. The van der Waals surface area contributed by atoms with E-state index in [1.54, 1.807) is 29.1 Å². The molecule has 0 fully saturated rings. The van der Waals surface area contributed by atoms with Crippen LogP contribution in [0.2, 0.25) is 5.02 Å². The van der Waals surface area contributed by atoms with Crippen LogP contribution in [0, 0.1) is 13.8 Å². The molecule has 0 aliphatic carbocycles. The van der Waals surface area contributed by atoms with Gasteiger partial charge in [0.15, 0.2) is 6.73 Å². The first-order valence-electron chi connectivity index (χ1n) is 8.84. The molecule has 2 heterocycles. The molecular formula is C19H21BrClN5O2. The third-order valence-electron chi connectivity index (χ3n) is 4.19. The van der Waals surface area contributed by atoms with Gasteiger partial charge in [0.25, 0.3) is 5.91 Å². The summed E-state index contributed by atoms with van der Waals surface area (Å²) in [4.78, 5) is 12.2. The number of nitrogens with one attached hydrogen (secondary N) is 1. The SMILES string of the molecule is Cc1nn(CCCNC(=O)c2ccn(COc3ccccc3Cl)n2)c(C)c1Br. The van der Waals surface area contributed by atoms with Gasteiger partial charge in [0, 0.05) is 25.0 Å². The molecule has 0 atom stereocenters. The van der Waals surface area contributed by atoms with Gasteiger partial charge in [-0.3, -0.25) is 9.48 Å². The molecule has 7 nitrogen and oxygen atoms in total. The van der Waals surface area contributed by atoms with Crippen LogP contribution < -0.4 is 10.1 Å². The Morgan fingerprint density at radius 2 is 2.04 bits per heavy atom. The summed E-state index contributed by atoms with van der Waals surface area (Å²) >= 11 is 9.57. The molecule has 2 aromatic heterocycles. The van der Waals surface area contributed by atoms with Crippen molar-refractivity contribution in [3.63, 3.8) is 0 Å². The fourth-order valence-corrected chi connectivity index (χ4v) is 3.14. The lowest BCUT2D eigenvalue weighted by atomic mass is 10.3. The van der Waals surface area contributed by atoms with E-state index in [1.807, 2.05) is 30.7 Å². The van der Waals surface area contributed by atoms with E-state index in [9.17, 15) is 4.79 Å². The van der Waals surface area contributed by atoms with Crippen molar-refractivity contribution in [3.05, 3.63) is 63.1 Å². The zero-order valence-corrected chi connectivity index (χ0v) is 18.0. The maximum atomic E-state index is 12.2. The number of benzene rings is 1.